The number of ether oxygens (including phenoxy) is 2. The van der Waals surface area contributed by atoms with Gasteiger partial charge in [-0.25, -0.2) is 0 Å². The Morgan fingerprint density at radius 1 is 1.24 bits per heavy atom. The van der Waals surface area contributed by atoms with Gasteiger partial charge in [0.05, 0.1) is 17.7 Å². The average Bonchev–Trinajstić information content (AvgIpc) is 2.56. The Hall–Kier alpha value is -1.86. The third-order valence-electron chi connectivity index (χ3n) is 3.32. The van der Waals surface area contributed by atoms with Crippen molar-refractivity contribution in [3.63, 3.8) is 0 Å². The molecule has 2 aromatic carbocycles. The van der Waals surface area contributed by atoms with E-state index in [1.807, 2.05) is 0 Å². The van der Waals surface area contributed by atoms with Gasteiger partial charge in [-0.05, 0) is 42.3 Å². The zero-order valence-corrected chi connectivity index (χ0v) is 15.5. The number of amides is 1. The number of methoxy groups -OCH3 is 1. The fourth-order valence-electron chi connectivity index (χ4n) is 2.15. The van der Waals surface area contributed by atoms with Crippen molar-refractivity contribution < 1.29 is 23.0 Å². The SMILES string of the molecule is COc1ccc(CCNC(=O)c2cc(Br)ccc2Cl)cc1OC(F)F. The fourth-order valence-corrected chi connectivity index (χ4v) is 2.72. The summed E-state index contributed by atoms with van der Waals surface area (Å²) in [6.07, 6.45) is 0.432. The first-order chi connectivity index (χ1) is 11.9. The molecule has 0 aliphatic rings. The minimum absolute atomic E-state index is 0.0450. The predicted octanol–water partition coefficient (Wildman–Crippen LogP) is 4.69. The van der Waals surface area contributed by atoms with Crippen molar-refractivity contribution in [1.29, 1.82) is 0 Å². The summed E-state index contributed by atoms with van der Waals surface area (Å²) in [5, 5.41) is 3.09. The first-order valence-electron chi connectivity index (χ1n) is 7.25. The molecule has 0 heterocycles. The highest BCUT2D eigenvalue weighted by Crippen LogP contribution is 2.29. The van der Waals surface area contributed by atoms with Gasteiger partial charge in [0.1, 0.15) is 0 Å². The summed E-state index contributed by atoms with van der Waals surface area (Å²) in [5.74, 6) is -0.144. The van der Waals surface area contributed by atoms with Crippen molar-refractivity contribution >= 4 is 33.4 Å². The van der Waals surface area contributed by atoms with E-state index in [2.05, 4.69) is 26.0 Å². The molecule has 0 aliphatic heterocycles. The largest absolute Gasteiger partial charge is 0.493 e. The molecule has 0 radical (unpaired) electrons. The van der Waals surface area contributed by atoms with Crippen LogP contribution in [0.4, 0.5) is 8.78 Å². The number of nitrogens with one attached hydrogen (secondary N) is 1. The van der Waals surface area contributed by atoms with Crippen molar-refractivity contribution in [3.8, 4) is 11.5 Å². The van der Waals surface area contributed by atoms with Crippen molar-refractivity contribution in [2.75, 3.05) is 13.7 Å². The van der Waals surface area contributed by atoms with E-state index in [4.69, 9.17) is 16.3 Å². The maximum atomic E-state index is 12.4. The standard InChI is InChI=1S/C17H15BrClF2NO3/c1-24-14-5-2-10(8-15(14)25-17(20)21)6-7-22-16(23)12-9-11(18)3-4-13(12)19/h2-5,8-9,17H,6-7H2,1H3,(H,22,23). The molecule has 0 saturated carbocycles. The molecule has 2 rings (SSSR count). The van der Waals surface area contributed by atoms with Gasteiger partial charge in [-0.3, -0.25) is 4.79 Å². The smallest absolute Gasteiger partial charge is 0.387 e. The van der Waals surface area contributed by atoms with Crippen molar-refractivity contribution in [2.24, 2.45) is 0 Å². The molecule has 1 N–H and O–H groups in total. The van der Waals surface area contributed by atoms with E-state index < -0.39 is 6.61 Å². The summed E-state index contributed by atoms with van der Waals surface area (Å²) >= 11 is 9.29. The highest BCUT2D eigenvalue weighted by atomic mass is 79.9. The summed E-state index contributed by atoms with van der Waals surface area (Å²) in [7, 11) is 1.37. The van der Waals surface area contributed by atoms with Crippen LogP contribution in [0.25, 0.3) is 0 Å². The van der Waals surface area contributed by atoms with Gasteiger partial charge in [-0.1, -0.05) is 33.6 Å². The Morgan fingerprint density at radius 2 is 2.00 bits per heavy atom. The van der Waals surface area contributed by atoms with Crippen LogP contribution in [0.5, 0.6) is 11.5 Å². The molecule has 4 nitrogen and oxygen atoms in total. The topological polar surface area (TPSA) is 47.6 Å². The normalized spacial score (nSPS) is 10.6. The van der Waals surface area contributed by atoms with Gasteiger partial charge in [-0.2, -0.15) is 8.78 Å². The molecule has 0 unspecified atom stereocenters. The minimum atomic E-state index is -2.94. The second-order valence-electron chi connectivity index (χ2n) is 4.99. The zero-order chi connectivity index (χ0) is 18.4. The van der Waals surface area contributed by atoms with Gasteiger partial charge in [-0.15, -0.1) is 0 Å². The van der Waals surface area contributed by atoms with Crippen LogP contribution in [0.3, 0.4) is 0 Å². The van der Waals surface area contributed by atoms with Gasteiger partial charge in [0.15, 0.2) is 11.5 Å². The van der Waals surface area contributed by atoms with Crippen LogP contribution in [-0.2, 0) is 6.42 Å². The second-order valence-corrected chi connectivity index (χ2v) is 6.32. The van der Waals surface area contributed by atoms with E-state index in [1.165, 1.54) is 13.2 Å². The third-order valence-corrected chi connectivity index (χ3v) is 4.14. The number of rotatable bonds is 7. The first-order valence-corrected chi connectivity index (χ1v) is 8.42. The summed E-state index contributed by atoms with van der Waals surface area (Å²) < 4.78 is 35.0. The first kappa shape index (κ1) is 19.5. The molecule has 1 amide bonds. The maximum Gasteiger partial charge on any atom is 0.387 e. The third kappa shape index (κ3) is 5.57. The molecular weight excluding hydrogens is 420 g/mol. The molecule has 2 aromatic rings. The number of alkyl halides is 2. The fraction of sp³-hybridized carbons (Fsp3) is 0.235. The summed E-state index contributed by atoms with van der Waals surface area (Å²) in [5.41, 5.74) is 1.07. The summed E-state index contributed by atoms with van der Waals surface area (Å²) in [6, 6.07) is 9.71. The molecule has 0 atom stereocenters. The summed E-state index contributed by atoms with van der Waals surface area (Å²) in [4.78, 5) is 12.2. The van der Waals surface area contributed by atoms with E-state index in [-0.39, 0.29) is 17.4 Å². The van der Waals surface area contributed by atoms with Crippen LogP contribution in [0.1, 0.15) is 15.9 Å². The molecule has 134 valence electrons. The van der Waals surface area contributed by atoms with Crippen molar-refractivity contribution in [1.82, 2.24) is 5.32 Å². The average molecular weight is 435 g/mol. The monoisotopic (exact) mass is 433 g/mol. The molecule has 0 fully saturated rings. The number of hydrogen-bond acceptors (Lipinski definition) is 3. The molecule has 0 spiro atoms. The Kier molecular flexibility index (Phi) is 7.01. The lowest BCUT2D eigenvalue weighted by atomic mass is 10.1. The molecule has 0 saturated heterocycles. The number of halogens is 4. The van der Waals surface area contributed by atoms with Crippen molar-refractivity contribution in [2.45, 2.75) is 13.0 Å². The van der Waals surface area contributed by atoms with Gasteiger partial charge >= 0.3 is 6.61 Å². The zero-order valence-electron chi connectivity index (χ0n) is 13.2. The Labute approximate surface area is 157 Å². The minimum Gasteiger partial charge on any atom is -0.493 e. The Balaban J connectivity index is 1.99. The van der Waals surface area contributed by atoms with Crippen LogP contribution in [0, 0.1) is 0 Å². The Morgan fingerprint density at radius 3 is 2.68 bits per heavy atom. The van der Waals surface area contributed by atoms with Gasteiger partial charge in [0, 0.05) is 11.0 Å². The lowest BCUT2D eigenvalue weighted by Gasteiger charge is -2.12. The molecule has 0 aliphatic carbocycles. The predicted molar refractivity (Wildman–Crippen MR) is 94.8 cm³/mol. The maximum absolute atomic E-state index is 12.4. The van der Waals surface area contributed by atoms with E-state index in [9.17, 15) is 13.6 Å². The van der Waals surface area contributed by atoms with E-state index in [1.54, 1.807) is 30.3 Å². The second kappa shape index (κ2) is 9.01. The van der Waals surface area contributed by atoms with Gasteiger partial charge in [0.2, 0.25) is 0 Å². The van der Waals surface area contributed by atoms with Crippen LogP contribution in [0.2, 0.25) is 5.02 Å². The quantitative estimate of drug-likeness (QED) is 0.688. The molecular formula is C17H15BrClF2NO3. The highest BCUT2D eigenvalue weighted by Gasteiger charge is 2.13. The number of benzene rings is 2. The van der Waals surface area contributed by atoms with Crippen LogP contribution >= 0.6 is 27.5 Å². The van der Waals surface area contributed by atoms with Gasteiger partial charge in [0.25, 0.3) is 5.91 Å². The molecule has 8 heteroatoms. The van der Waals surface area contributed by atoms with E-state index in [0.717, 1.165) is 10.0 Å². The van der Waals surface area contributed by atoms with Crippen LogP contribution < -0.4 is 14.8 Å². The number of hydrogen-bond donors (Lipinski definition) is 1. The summed E-state index contributed by atoms with van der Waals surface area (Å²) in [6.45, 7) is -2.63. The molecule has 0 aromatic heterocycles. The van der Waals surface area contributed by atoms with Gasteiger partial charge < -0.3 is 14.8 Å². The molecule has 0 bridgehead atoms. The number of carbonyl (C=O) groups excluding carboxylic acids is 1. The Bertz CT molecular complexity index is 759. The lowest BCUT2D eigenvalue weighted by molar-refractivity contribution is -0.0512. The highest BCUT2D eigenvalue weighted by molar-refractivity contribution is 9.10. The van der Waals surface area contributed by atoms with Crippen LogP contribution in [-0.4, -0.2) is 26.2 Å². The number of carbonyl (C=O) groups is 1. The van der Waals surface area contributed by atoms with Crippen molar-refractivity contribution in [3.05, 3.63) is 57.0 Å². The van der Waals surface area contributed by atoms with E-state index in [0.29, 0.717) is 23.6 Å². The lowest BCUT2D eigenvalue weighted by Crippen LogP contribution is -2.26. The molecule has 25 heavy (non-hydrogen) atoms. The van der Waals surface area contributed by atoms with Crippen LogP contribution in [0.15, 0.2) is 40.9 Å². The van der Waals surface area contributed by atoms with E-state index >= 15 is 0 Å².